The van der Waals surface area contributed by atoms with E-state index in [1.807, 2.05) is 18.2 Å². The summed E-state index contributed by atoms with van der Waals surface area (Å²) < 4.78 is 4.67. The number of carbonyl (C=O) groups excluding carboxylic acids is 1. The number of hydrogen-bond acceptors (Lipinski definition) is 2. The van der Waals surface area contributed by atoms with Gasteiger partial charge in [0.15, 0.2) is 0 Å². The van der Waals surface area contributed by atoms with Crippen LogP contribution in [0, 0.1) is 0 Å². The van der Waals surface area contributed by atoms with E-state index in [1.165, 1.54) is 12.7 Å². The molecule has 0 spiro atoms. The third-order valence-corrected chi connectivity index (χ3v) is 2.76. The van der Waals surface area contributed by atoms with Gasteiger partial charge in [0.05, 0.1) is 12.7 Å². The molecule has 0 aliphatic heterocycles. The normalized spacial score (nSPS) is 10.0. The van der Waals surface area contributed by atoms with Crippen LogP contribution in [-0.4, -0.2) is 18.4 Å². The molecule has 3 heteroatoms. The monoisotopic (exact) mass is 270 g/mol. The average Bonchev–Trinajstić information content (AvgIpc) is 2.29. The first-order valence-corrected chi connectivity index (χ1v) is 6.13. The number of ether oxygens (including phenoxy) is 1. The van der Waals surface area contributed by atoms with Crippen molar-refractivity contribution in [3.05, 3.63) is 35.4 Å². The van der Waals surface area contributed by atoms with Crippen LogP contribution in [0.4, 0.5) is 0 Å². The molecule has 0 unspecified atom stereocenters. The maximum Gasteiger partial charge on any atom is 0.337 e. The first-order valence-electron chi connectivity index (χ1n) is 5.01. The molecule has 0 atom stereocenters. The summed E-state index contributed by atoms with van der Waals surface area (Å²) in [4.78, 5) is 11.3. The number of aryl methyl sites for hydroxylation is 1. The molecular formula is C12H15BrO2. The van der Waals surface area contributed by atoms with Gasteiger partial charge in [-0.3, -0.25) is 0 Å². The van der Waals surface area contributed by atoms with Crippen molar-refractivity contribution in [2.24, 2.45) is 0 Å². The molecule has 15 heavy (non-hydrogen) atoms. The lowest BCUT2D eigenvalue weighted by Crippen LogP contribution is -2.01. The molecule has 0 aromatic heterocycles. The molecule has 0 aliphatic rings. The van der Waals surface area contributed by atoms with E-state index in [0.717, 1.165) is 24.6 Å². The van der Waals surface area contributed by atoms with Gasteiger partial charge in [0.1, 0.15) is 0 Å². The zero-order chi connectivity index (χ0) is 11.1. The van der Waals surface area contributed by atoms with Crippen LogP contribution in [0.2, 0.25) is 0 Å². The van der Waals surface area contributed by atoms with Crippen molar-refractivity contribution < 1.29 is 9.53 Å². The SMILES string of the molecule is COC(=O)c1cccc(CCCCBr)c1. The second-order valence-corrected chi connectivity index (χ2v) is 4.13. The topological polar surface area (TPSA) is 26.3 Å². The fourth-order valence-corrected chi connectivity index (χ4v) is 1.79. The maximum atomic E-state index is 11.3. The minimum atomic E-state index is -0.266. The Morgan fingerprint density at radius 1 is 1.40 bits per heavy atom. The third kappa shape index (κ3) is 4.04. The molecule has 1 aromatic rings. The molecule has 2 nitrogen and oxygen atoms in total. The number of benzene rings is 1. The number of rotatable bonds is 5. The van der Waals surface area contributed by atoms with E-state index < -0.39 is 0 Å². The predicted octanol–water partition coefficient (Wildman–Crippen LogP) is 3.19. The highest BCUT2D eigenvalue weighted by molar-refractivity contribution is 9.09. The Morgan fingerprint density at radius 2 is 2.20 bits per heavy atom. The fourth-order valence-electron chi connectivity index (χ4n) is 1.40. The molecule has 0 heterocycles. The van der Waals surface area contributed by atoms with Crippen molar-refractivity contribution >= 4 is 21.9 Å². The predicted molar refractivity (Wildman–Crippen MR) is 64.5 cm³/mol. The minimum absolute atomic E-state index is 0.266. The largest absolute Gasteiger partial charge is 0.465 e. The molecule has 0 radical (unpaired) electrons. The molecule has 1 rings (SSSR count). The number of alkyl halides is 1. The van der Waals surface area contributed by atoms with Crippen LogP contribution >= 0.6 is 15.9 Å². The Morgan fingerprint density at radius 3 is 2.87 bits per heavy atom. The van der Waals surface area contributed by atoms with Crippen LogP contribution in [0.15, 0.2) is 24.3 Å². The fraction of sp³-hybridized carbons (Fsp3) is 0.417. The van der Waals surface area contributed by atoms with Crippen LogP contribution in [0.5, 0.6) is 0 Å². The van der Waals surface area contributed by atoms with Gasteiger partial charge in [-0.25, -0.2) is 4.79 Å². The highest BCUT2D eigenvalue weighted by Crippen LogP contribution is 2.10. The van der Waals surface area contributed by atoms with Gasteiger partial charge in [0.2, 0.25) is 0 Å². The third-order valence-electron chi connectivity index (χ3n) is 2.20. The summed E-state index contributed by atoms with van der Waals surface area (Å²) in [6.45, 7) is 0. The molecule has 0 bridgehead atoms. The highest BCUT2D eigenvalue weighted by Gasteiger charge is 2.04. The van der Waals surface area contributed by atoms with Gasteiger partial charge in [-0.2, -0.15) is 0 Å². The quantitative estimate of drug-likeness (QED) is 0.467. The first kappa shape index (κ1) is 12.2. The van der Waals surface area contributed by atoms with E-state index in [2.05, 4.69) is 20.7 Å². The van der Waals surface area contributed by atoms with Crippen LogP contribution in [0.3, 0.4) is 0 Å². The lowest BCUT2D eigenvalue weighted by molar-refractivity contribution is 0.0600. The molecule has 0 amide bonds. The van der Waals surface area contributed by atoms with Gasteiger partial charge in [-0.05, 0) is 37.0 Å². The summed E-state index contributed by atoms with van der Waals surface area (Å²) in [5.74, 6) is -0.266. The molecule has 0 aliphatic carbocycles. The van der Waals surface area contributed by atoms with Gasteiger partial charge in [-0.1, -0.05) is 28.1 Å². The summed E-state index contributed by atoms with van der Waals surface area (Å²) >= 11 is 3.40. The van der Waals surface area contributed by atoms with Crippen LogP contribution in [0.1, 0.15) is 28.8 Å². The van der Waals surface area contributed by atoms with Crippen molar-refractivity contribution in [3.8, 4) is 0 Å². The van der Waals surface area contributed by atoms with Crippen molar-refractivity contribution in [1.82, 2.24) is 0 Å². The van der Waals surface area contributed by atoms with E-state index in [9.17, 15) is 4.79 Å². The molecule has 0 saturated carbocycles. The van der Waals surface area contributed by atoms with Gasteiger partial charge in [0, 0.05) is 5.33 Å². The Kier molecular flexibility index (Phi) is 5.40. The smallest absolute Gasteiger partial charge is 0.337 e. The van der Waals surface area contributed by atoms with E-state index in [1.54, 1.807) is 6.07 Å². The summed E-state index contributed by atoms with van der Waals surface area (Å²) in [5, 5.41) is 1.03. The van der Waals surface area contributed by atoms with Gasteiger partial charge in [-0.15, -0.1) is 0 Å². The molecule has 82 valence electrons. The first-order chi connectivity index (χ1) is 7.27. The van der Waals surface area contributed by atoms with E-state index >= 15 is 0 Å². The summed E-state index contributed by atoms with van der Waals surface area (Å²) in [6, 6.07) is 7.62. The number of halogens is 1. The Labute approximate surface area is 98.8 Å². The van der Waals surface area contributed by atoms with Crippen LogP contribution < -0.4 is 0 Å². The number of carbonyl (C=O) groups is 1. The molecule has 0 saturated heterocycles. The summed E-state index contributed by atoms with van der Waals surface area (Å²) in [7, 11) is 1.40. The zero-order valence-corrected chi connectivity index (χ0v) is 10.4. The zero-order valence-electron chi connectivity index (χ0n) is 8.83. The number of hydrogen-bond donors (Lipinski definition) is 0. The second kappa shape index (κ2) is 6.62. The molecular weight excluding hydrogens is 256 g/mol. The Balaban J connectivity index is 2.62. The second-order valence-electron chi connectivity index (χ2n) is 3.34. The maximum absolute atomic E-state index is 11.3. The molecule has 1 aromatic carbocycles. The van der Waals surface area contributed by atoms with Crippen molar-refractivity contribution in [2.75, 3.05) is 12.4 Å². The van der Waals surface area contributed by atoms with E-state index in [-0.39, 0.29) is 5.97 Å². The van der Waals surface area contributed by atoms with E-state index in [0.29, 0.717) is 5.56 Å². The number of unbranched alkanes of at least 4 members (excludes halogenated alkanes) is 1. The Hall–Kier alpha value is -0.830. The molecule has 0 fully saturated rings. The van der Waals surface area contributed by atoms with Crippen LogP contribution in [-0.2, 0) is 11.2 Å². The lowest BCUT2D eigenvalue weighted by Gasteiger charge is -2.03. The van der Waals surface area contributed by atoms with Crippen molar-refractivity contribution in [1.29, 1.82) is 0 Å². The van der Waals surface area contributed by atoms with E-state index in [4.69, 9.17) is 0 Å². The van der Waals surface area contributed by atoms with Gasteiger partial charge in [0.25, 0.3) is 0 Å². The standard InChI is InChI=1S/C12H15BrO2/c1-15-12(14)11-7-4-6-10(9-11)5-2-3-8-13/h4,6-7,9H,2-3,5,8H2,1H3. The highest BCUT2D eigenvalue weighted by atomic mass is 79.9. The lowest BCUT2D eigenvalue weighted by atomic mass is 10.1. The Bertz CT molecular complexity index is 323. The summed E-state index contributed by atoms with van der Waals surface area (Å²) in [5.41, 5.74) is 1.83. The number of esters is 1. The van der Waals surface area contributed by atoms with Crippen LogP contribution in [0.25, 0.3) is 0 Å². The number of methoxy groups -OCH3 is 1. The average molecular weight is 271 g/mol. The van der Waals surface area contributed by atoms with Gasteiger partial charge < -0.3 is 4.74 Å². The molecule has 0 N–H and O–H groups in total. The van der Waals surface area contributed by atoms with Crippen molar-refractivity contribution in [2.45, 2.75) is 19.3 Å². The summed E-state index contributed by atoms with van der Waals surface area (Å²) in [6.07, 6.45) is 3.30. The minimum Gasteiger partial charge on any atom is -0.465 e. The van der Waals surface area contributed by atoms with Crippen molar-refractivity contribution in [3.63, 3.8) is 0 Å². The van der Waals surface area contributed by atoms with Gasteiger partial charge >= 0.3 is 5.97 Å².